The van der Waals surface area contributed by atoms with Gasteiger partial charge in [0.05, 0.1) is 18.1 Å². The van der Waals surface area contributed by atoms with Gasteiger partial charge in [0.1, 0.15) is 6.23 Å². The second-order valence-corrected chi connectivity index (χ2v) is 6.64. The lowest BCUT2D eigenvalue weighted by atomic mass is 9.81. The molecule has 4 heteroatoms. The number of hydrogen-bond acceptors (Lipinski definition) is 3. The van der Waals surface area contributed by atoms with Gasteiger partial charge in [-0.15, -0.1) is 0 Å². The van der Waals surface area contributed by atoms with Crippen LogP contribution < -0.4 is 4.90 Å². The van der Waals surface area contributed by atoms with Gasteiger partial charge in [-0.1, -0.05) is 18.2 Å². The van der Waals surface area contributed by atoms with Crippen LogP contribution in [0.25, 0.3) is 0 Å². The van der Waals surface area contributed by atoms with E-state index in [1.807, 2.05) is 31.2 Å². The summed E-state index contributed by atoms with van der Waals surface area (Å²) in [6.45, 7) is 1.98. The number of carbonyl (C=O) groups is 1. The second kappa shape index (κ2) is 3.43. The van der Waals surface area contributed by atoms with Crippen molar-refractivity contribution in [2.45, 2.75) is 31.8 Å². The number of hydrogen-bond donors (Lipinski definition) is 1. The van der Waals surface area contributed by atoms with Crippen molar-refractivity contribution < 1.29 is 14.6 Å². The molecule has 4 aliphatic rings. The third-order valence-corrected chi connectivity index (χ3v) is 5.83. The third-order valence-electron chi connectivity index (χ3n) is 5.83. The Morgan fingerprint density at radius 2 is 2.00 bits per heavy atom. The van der Waals surface area contributed by atoms with E-state index in [0.717, 1.165) is 17.7 Å². The number of carbonyl (C=O) groups excluding carboxylic acids is 1. The normalized spacial score (nSPS) is 47.6. The summed E-state index contributed by atoms with van der Waals surface area (Å²) in [7, 11) is 0. The first-order valence-electron chi connectivity index (χ1n) is 7.40. The standard InChI is InChI=1S/C16H17NO3/c1-7-4-2-3-5-10(7)17-15(18)11-8-6-9(12(11)16(17)19)14-13(8)20-14/h2-5,8-9,11-15,18H,6H2,1H3/t8?,9?,11?,12?,13?,14?,15-/m0/s1. The number of anilines is 1. The topological polar surface area (TPSA) is 53.1 Å². The highest BCUT2D eigenvalue weighted by Crippen LogP contribution is 2.65. The number of aliphatic hydroxyl groups is 1. The Morgan fingerprint density at radius 1 is 1.25 bits per heavy atom. The maximum atomic E-state index is 12.8. The Balaban J connectivity index is 1.58. The number of fused-ring (bicyclic) bond motifs is 8. The molecule has 0 aromatic heterocycles. The Bertz CT molecular complexity index is 615. The molecule has 4 nitrogen and oxygen atoms in total. The van der Waals surface area contributed by atoms with Crippen molar-refractivity contribution in [3.05, 3.63) is 29.8 Å². The molecule has 0 radical (unpaired) electrons. The quantitative estimate of drug-likeness (QED) is 0.784. The van der Waals surface area contributed by atoms with Gasteiger partial charge in [-0.3, -0.25) is 9.69 Å². The van der Waals surface area contributed by atoms with Crippen molar-refractivity contribution in [3.8, 4) is 0 Å². The fraction of sp³-hybridized carbons (Fsp3) is 0.562. The van der Waals surface area contributed by atoms with Gasteiger partial charge in [0.15, 0.2) is 0 Å². The minimum atomic E-state index is -0.686. The van der Waals surface area contributed by atoms with Crippen LogP contribution in [0, 0.1) is 30.6 Å². The molecule has 1 amide bonds. The zero-order chi connectivity index (χ0) is 13.6. The number of ether oxygens (including phenoxy) is 1. The molecule has 2 aliphatic carbocycles. The lowest BCUT2D eigenvalue weighted by Gasteiger charge is -2.27. The zero-order valence-electron chi connectivity index (χ0n) is 11.3. The lowest BCUT2D eigenvalue weighted by Crippen LogP contribution is -2.38. The maximum Gasteiger partial charge on any atom is 0.233 e. The summed E-state index contributed by atoms with van der Waals surface area (Å²) in [5, 5.41) is 10.7. The molecule has 1 aromatic rings. The molecule has 2 saturated heterocycles. The van der Waals surface area contributed by atoms with Crippen LogP contribution in [0.3, 0.4) is 0 Å². The van der Waals surface area contributed by atoms with E-state index >= 15 is 0 Å². The summed E-state index contributed by atoms with van der Waals surface area (Å²) in [6.07, 6.45) is 0.998. The molecule has 2 saturated carbocycles. The van der Waals surface area contributed by atoms with Gasteiger partial charge in [-0.05, 0) is 30.9 Å². The summed E-state index contributed by atoms with van der Waals surface area (Å²) < 4.78 is 5.66. The molecular formula is C16H17NO3. The van der Waals surface area contributed by atoms with Gasteiger partial charge in [0.25, 0.3) is 0 Å². The summed E-state index contributed by atoms with van der Waals surface area (Å²) in [5.74, 6) is 0.849. The monoisotopic (exact) mass is 271 g/mol. The van der Waals surface area contributed by atoms with Crippen LogP contribution in [0.2, 0.25) is 0 Å². The lowest BCUT2D eigenvalue weighted by molar-refractivity contribution is -0.122. The molecule has 4 fully saturated rings. The molecule has 1 N–H and O–H groups in total. The van der Waals surface area contributed by atoms with Crippen LogP contribution in [0.1, 0.15) is 12.0 Å². The minimum absolute atomic E-state index is 0.0293. The van der Waals surface area contributed by atoms with Gasteiger partial charge in [0, 0.05) is 17.5 Å². The Morgan fingerprint density at radius 3 is 2.80 bits per heavy atom. The average Bonchev–Trinajstić information content (AvgIpc) is 2.96. The SMILES string of the molecule is Cc1ccccc1N1C(=O)C2C3CC(C4OC34)C2[C@@H]1O. The van der Waals surface area contributed by atoms with Crippen molar-refractivity contribution in [2.75, 3.05) is 4.90 Å². The average molecular weight is 271 g/mol. The van der Waals surface area contributed by atoms with Crippen molar-refractivity contribution in [3.63, 3.8) is 0 Å². The van der Waals surface area contributed by atoms with Crippen molar-refractivity contribution in [1.82, 2.24) is 0 Å². The van der Waals surface area contributed by atoms with Crippen molar-refractivity contribution in [1.29, 1.82) is 0 Å². The molecular weight excluding hydrogens is 254 g/mol. The number of aryl methyl sites for hydroxylation is 1. The van der Waals surface area contributed by atoms with Crippen molar-refractivity contribution in [2.24, 2.45) is 23.7 Å². The minimum Gasteiger partial charge on any atom is -0.373 e. The van der Waals surface area contributed by atoms with Crippen LogP contribution in [0.5, 0.6) is 0 Å². The van der Waals surface area contributed by atoms with E-state index < -0.39 is 6.23 Å². The Kier molecular flexibility index (Phi) is 1.94. The van der Waals surface area contributed by atoms with Gasteiger partial charge in [0.2, 0.25) is 5.91 Å². The summed E-state index contributed by atoms with van der Waals surface area (Å²) in [6, 6.07) is 7.79. The molecule has 104 valence electrons. The Labute approximate surface area is 117 Å². The largest absolute Gasteiger partial charge is 0.373 e. The Hall–Kier alpha value is -1.39. The number of aliphatic hydroxyl groups excluding tert-OH is 1. The summed E-state index contributed by atoms with van der Waals surface area (Å²) in [4.78, 5) is 14.4. The molecule has 7 atom stereocenters. The van der Waals surface area contributed by atoms with E-state index in [2.05, 4.69) is 0 Å². The first-order valence-corrected chi connectivity index (χ1v) is 7.40. The van der Waals surface area contributed by atoms with Gasteiger partial charge < -0.3 is 9.84 Å². The van der Waals surface area contributed by atoms with Crippen LogP contribution in [-0.4, -0.2) is 29.4 Å². The number of benzene rings is 1. The molecule has 20 heavy (non-hydrogen) atoms. The summed E-state index contributed by atoms with van der Waals surface area (Å²) in [5.41, 5.74) is 1.89. The van der Waals surface area contributed by atoms with Gasteiger partial charge in [-0.2, -0.15) is 0 Å². The molecule has 5 rings (SSSR count). The van der Waals surface area contributed by atoms with E-state index in [1.165, 1.54) is 0 Å². The molecule has 6 unspecified atom stereocenters. The zero-order valence-corrected chi connectivity index (χ0v) is 11.3. The van der Waals surface area contributed by atoms with Crippen LogP contribution in [0.4, 0.5) is 5.69 Å². The second-order valence-electron chi connectivity index (χ2n) is 6.64. The van der Waals surface area contributed by atoms with E-state index in [-0.39, 0.29) is 17.7 Å². The highest BCUT2D eigenvalue weighted by molar-refractivity contribution is 5.99. The smallest absolute Gasteiger partial charge is 0.233 e. The highest BCUT2D eigenvalue weighted by Gasteiger charge is 2.73. The fourth-order valence-corrected chi connectivity index (χ4v) is 5.00. The number of epoxide rings is 1. The number of amides is 1. The number of nitrogens with zero attached hydrogens (tertiary/aromatic N) is 1. The molecule has 2 heterocycles. The van der Waals surface area contributed by atoms with E-state index in [1.54, 1.807) is 4.90 Å². The molecule has 2 bridgehead atoms. The number of para-hydroxylation sites is 1. The van der Waals surface area contributed by atoms with Crippen LogP contribution >= 0.6 is 0 Å². The summed E-state index contributed by atoms with van der Waals surface area (Å²) >= 11 is 0. The highest BCUT2D eigenvalue weighted by atomic mass is 16.6. The fourth-order valence-electron chi connectivity index (χ4n) is 5.00. The van der Waals surface area contributed by atoms with Crippen molar-refractivity contribution >= 4 is 11.6 Å². The predicted octanol–water partition coefficient (Wildman–Crippen LogP) is 1.31. The maximum absolute atomic E-state index is 12.8. The molecule has 0 spiro atoms. The predicted molar refractivity (Wildman–Crippen MR) is 71.9 cm³/mol. The van der Waals surface area contributed by atoms with E-state index in [4.69, 9.17) is 4.74 Å². The van der Waals surface area contributed by atoms with Gasteiger partial charge >= 0.3 is 0 Å². The number of rotatable bonds is 1. The molecule has 2 aliphatic heterocycles. The first kappa shape index (κ1) is 11.3. The van der Waals surface area contributed by atoms with E-state index in [9.17, 15) is 9.90 Å². The van der Waals surface area contributed by atoms with E-state index in [0.29, 0.717) is 24.0 Å². The first-order chi connectivity index (χ1) is 9.68. The van der Waals surface area contributed by atoms with Crippen LogP contribution in [-0.2, 0) is 9.53 Å². The molecule has 1 aromatic carbocycles. The van der Waals surface area contributed by atoms with Gasteiger partial charge in [-0.25, -0.2) is 0 Å². The van der Waals surface area contributed by atoms with Crippen LogP contribution in [0.15, 0.2) is 24.3 Å². The third kappa shape index (κ3) is 1.14.